The fourth-order valence-corrected chi connectivity index (χ4v) is 3.01. The van der Waals surface area contributed by atoms with Gasteiger partial charge in [0.2, 0.25) is 0 Å². The van der Waals surface area contributed by atoms with Gasteiger partial charge in [-0.2, -0.15) is 0 Å². The zero-order valence-corrected chi connectivity index (χ0v) is 11.9. The molecule has 3 rings (SSSR count). The molecule has 0 amide bonds. The second-order valence-corrected chi connectivity index (χ2v) is 5.89. The van der Waals surface area contributed by atoms with Crippen molar-refractivity contribution in [2.75, 3.05) is 5.32 Å². The lowest BCUT2D eigenvalue weighted by atomic mass is 10.2. The topological polar surface area (TPSA) is 24.9 Å². The fourth-order valence-electron chi connectivity index (χ4n) is 2.04. The van der Waals surface area contributed by atoms with Crippen LogP contribution in [-0.4, -0.2) is 11.0 Å². The first-order chi connectivity index (χ1) is 9.22. The molecule has 0 fully saturated rings. The van der Waals surface area contributed by atoms with Gasteiger partial charge in [-0.1, -0.05) is 12.1 Å². The van der Waals surface area contributed by atoms with Gasteiger partial charge in [-0.15, -0.1) is 11.3 Å². The maximum Gasteiger partial charge on any atom is 0.124 e. The van der Waals surface area contributed by atoms with Crippen LogP contribution >= 0.6 is 11.3 Å². The lowest BCUT2D eigenvalue weighted by molar-refractivity contribution is 0.900. The monoisotopic (exact) mass is 268 g/mol. The van der Waals surface area contributed by atoms with Crippen molar-refractivity contribution < 1.29 is 0 Å². The van der Waals surface area contributed by atoms with Crippen molar-refractivity contribution in [3.8, 4) is 10.6 Å². The minimum absolute atomic E-state index is 0.452. The number of aromatic nitrogens is 1. The normalized spacial score (nSPS) is 11.1. The molecule has 1 N–H and O–H groups in total. The number of anilines is 1. The minimum atomic E-state index is 0.452. The standard InChI is InChI=1S/C16H16N2S/c1-11(2)17-13-9-7-12(8-10-13)16-18-14-5-3-4-6-15(14)19-16/h3-11,17H,1-2H3. The Labute approximate surface area is 117 Å². The number of fused-ring (bicyclic) bond motifs is 1. The molecule has 0 aliphatic rings. The van der Waals surface area contributed by atoms with E-state index in [9.17, 15) is 0 Å². The molecular formula is C16H16N2S. The Kier molecular flexibility index (Phi) is 3.22. The van der Waals surface area contributed by atoms with Crippen LogP contribution in [0.3, 0.4) is 0 Å². The SMILES string of the molecule is CC(C)Nc1ccc(-c2nc3ccccc3s2)cc1. The summed E-state index contributed by atoms with van der Waals surface area (Å²) in [6.45, 7) is 4.28. The summed E-state index contributed by atoms with van der Waals surface area (Å²) in [5.74, 6) is 0. The van der Waals surface area contributed by atoms with Gasteiger partial charge in [0.1, 0.15) is 5.01 Å². The maximum atomic E-state index is 4.67. The number of thiazole rings is 1. The fraction of sp³-hybridized carbons (Fsp3) is 0.188. The predicted molar refractivity (Wildman–Crippen MR) is 83.8 cm³/mol. The van der Waals surface area contributed by atoms with Gasteiger partial charge in [-0.05, 0) is 50.2 Å². The Balaban J connectivity index is 1.93. The number of benzene rings is 2. The van der Waals surface area contributed by atoms with Crippen molar-refractivity contribution in [1.29, 1.82) is 0 Å². The second kappa shape index (κ2) is 5.02. The van der Waals surface area contributed by atoms with E-state index in [1.165, 1.54) is 10.3 Å². The maximum absolute atomic E-state index is 4.67. The number of hydrogen-bond acceptors (Lipinski definition) is 3. The molecule has 19 heavy (non-hydrogen) atoms. The molecule has 0 saturated heterocycles. The molecule has 0 bridgehead atoms. The molecule has 0 saturated carbocycles. The van der Waals surface area contributed by atoms with E-state index in [1.54, 1.807) is 11.3 Å². The van der Waals surface area contributed by atoms with Gasteiger partial charge in [0.15, 0.2) is 0 Å². The van der Waals surface area contributed by atoms with E-state index in [1.807, 2.05) is 6.07 Å². The highest BCUT2D eigenvalue weighted by atomic mass is 32.1. The average molecular weight is 268 g/mol. The zero-order chi connectivity index (χ0) is 13.2. The second-order valence-electron chi connectivity index (χ2n) is 4.86. The smallest absolute Gasteiger partial charge is 0.124 e. The first-order valence-corrected chi connectivity index (χ1v) is 7.26. The predicted octanol–water partition coefficient (Wildman–Crippen LogP) is 4.78. The molecule has 96 valence electrons. The Bertz CT molecular complexity index is 650. The van der Waals surface area contributed by atoms with Crippen molar-refractivity contribution in [3.63, 3.8) is 0 Å². The summed E-state index contributed by atoms with van der Waals surface area (Å²) in [4.78, 5) is 4.67. The first-order valence-electron chi connectivity index (χ1n) is 6.45. The molecule has 2 aromatic carbocycles. The molecule has 1 aromatic heterocycles. The molecule has 0 atom stereocenters. The molecule has 3 heteroatoms. The highest BCUT2D eigenvalue weighted by Gasteiger charge is 2.05. The van der Waals surface area contributed by atoms with Gasteiger partial charge < -0.3 is 5.32 Å². The number of nitrogens with zero attached hydrogens (tertiary/aromatic N) is 1. The van der Waals surface area contributed by atoms with E-state index in [0.717, 1.165) is 16.2 Å². The molecule has 1 heterocycles. The van der Waals surface area contributed by atoms with E-state index >= 15 is 0 Å². The van der Waals surface area contributed by atoms with E-state index in [-0.39, 0.29) is 0 Å². The highest BCUT2D eigenvalue weighted by Crippen LogP contribution is 2.30. The van der Waals surface area contributed by atoms with Crippen LogP contribution in [0.15, 0.2) is 48.5 Å². The summed E-state index contributed by atoms with van der Waals surface area (Å²) >= 11 is 1.74. The number of hydrogen-bond donors (Lipinski definition) is 1. The van der Waals surface area contributed by atoms with Crippen LogP contribution in [0, 0.1) is 0 Å². The van der Waals surface area contributed by atoms with Crippen LogP contribution in [0.2, 0.25) is 0 Å². The molecule has 0 radical (unpaired) electrons. The Morgan fingerprint density at radius 3 is 2.42 bits per heavy atom. The van der Waals surface area contributed by atoms with E-state index in [4.69, 9.17) is 0 Å². The van der Waals surface area contributed by atoms with Gasteiger partial charge in [0.25, 0.3) is 0 Å². The summed E-state index contributed by atoms with van der Waals surface area (Å²) in [5, 5.41) is 4.47. The third-order valence-corrected chi connectivity index (χ3v) is 3.97. The number of rotatable bonds is 3. The number of para-hydroxylation sites is 1. The summed E-state index contributed by atoms with van der Waals surface area (Å²) in [7, 11) is 0. The zero-order valence-electron chi connectivity index (χ0n) is 11.1. The molecule has 3 aromatic rings. The Morgan fingerprint density at radius 1 is 1.00 bits per heavy atom. The van der Waals surface area contributed by atoms with Crippen molar-refractivity contribution in [3.05, 3.63) is 48.5 Å². The summed E-state index contributed by atoms with van der Waals surface area (Å²) in [5.41, 5.74) is 3.40. The van der Waals surface area contributed by atoms with Crippen LogP contribution in [0.4, 0.5) is 5.69 Å². The van der Waals surface area contributed by atoms with E-state index in [2.05, 4.69) is 66.6 Å². The quantitative estimate of drug-likeness (QED) is 0.739. The first kappa shape index (κ1) is 12.2. The highest BCUT2D eigenvalue weighted by molar-refractivity contribution is 7.21. The van der Waals surface area contributed by atoms with Crippen LogP contribution in [0.5, 0.6) is 0 Å². The van der Waals surface area contributed by atoms with Crippen LogP contribution in [0.1, 0.15) is 13.8 Å². The Morgan fingerprint density at radius 2 is 1.74 bits per heavy atom. The van der Waals surface area contributed by atoms with E-state index < -0.39 is 0 Å². The lowest BCUT2D eigenvalue weighted by Gasteiger charge is -2.09. The largest absolute Gasteiger partial charge is 0.383 e. The Hall–Kier alpha value is -1.87. The number of nitrogens with one attached hydrogen (secondary N) is 1. The van der Waals surface area contributed by atoms with Crippen molar-refractivity contribution in [2.24, 2.45) is 0 Å². The van der Waals surface area contributed by atoms with Gasteiger partial charge >= 0.3 is 0 Å². The lowest BCUT2D eigenvalue weighted by Crippen LogP contribution is -2.09. The van der Waals surface area contributed by atoms with Gasteiger partial charge in [0.05, 0.1) is 10.2 Å². The molecule has 0 unspecified atom stereocenters. The van der Waals surface area contributed by atoms with Gasteiger partial charge in [-0.25, -0.2) is 4.98 Å². The molecule has 0 spiro atoms. The molecule has 0 aliphatic carbocycles. The summed E-state index contributed by atoms with van der Waals surface area (Å²) in [6.07, 6.45) is 0. The minimum Gasteiger partial charge on any atom is -0.383 e. The summed E-state index contributed by atoms with van der Waals surface area (Å²) < 4.78 is 1.24. The van der Waals surface area contributed by atoms with Crippen LogP contribution in [0.25, 0.3) is 20.8 Å². The third kappa shape index (κ3) is 2.61. The van der Waals surface area contributed by atoms with E-state index in [0.29, 0.717) is 6.04 Å². The van der Waals surface area contributed by atoms with Crippen LogP contribution < -0.4 is 5.32 Å². The molecule has 0 aliphatic heterocycles. The van der Waals surface area contributed by atoms with Crippen molar-refractivity contribution in [2.45, 2.75) is 19.9 Å². The average Bonchev–Trinajstić information content (AvgIpc) is 2.82. The van der Waals surface area contributed by atoms with Crippen molar-refractivity contribution >= 4 is 27.2 Å². The van der Waals surface area contributed by atoms with Crippen LogP contribution in [-0.2, 0) is 0 Å². The molecule has 2 nitrogen and oxygen atoms in total. The van der Waals surface area contributed by atoms with Crippen molar-refractivity contribution in [1.82, 2.24) is 4.98 Å². The van der Waals surface area contributed by atoms with Gasteiger partial charge in [-0.3, -0.25) is 0 Å². The molecular weight excluding hydrogens is 252 g/mol. The third-order valence-electron chi connectivity index (χ3n) is 2.88. The van der Waals surface area contributed by atoms with Gasteiger partial charge in [0, 0.05) is 17.3 Å². The summed E-state index contributed by atoms with van der Waals surface area (Å²) in [6, 6.07) is 17.2.